The molecule has 1 fully saturated rings. The average Bonchev–Trinajstić information content (AvgIpc) is 2.82. The molecule has 0 saturated carbocycles. The fourth-order valence-electron chi connectivity index (χ4n) is 3.56. The van der Waals surface area contributed by atoms with E-state index in [0.717, 1.165) is 50.0 Å². The monoisotopic (exact) mass is 343 g/mol. The van der Waals surface area contributed by atoms with Gasteiger partial charge in [0.1, 0.15) is 0 Å². The second-order valence-electron chi connectivity index (χ2n) is 7.49. The second-order valence-corrected chi connectivity index (χ2v) is 7.49. The molecule has 0 radical (unpaired) electrons. The Morgan fingerprint density at radius 3 is 2.76 bits per heavy atom. The van der Waals surface area contributed by atoms with Crippen molar-refractivity contribution in [1.29, 1.82) is 0 Å². The van der Waals surface area contributed by atoms with E-state index in [2.05, 4.69) is 62.9 Å². The van der Waals surface area contributed by atoms with Gasteiger partial charge in [0.15, 0.2) is 0 Å². The highest BCUT2D eigenvalue weighted by Gasteiger charge is 2.23. The predicted molar refractivity (Wildman–Crippen MR) is 106 cm³/mol. The van der Waals surface area contributed by atoms with Gasteiger partial charge >= 0.3 is 6.03 Å². The zero-order valence-electron chi connectivity index (χ0n) is 16.2. The van der Waals surface area contributed by atoms with Gasteiger partial charge in [-0.25, -0.2) is 4.79 Å². The van der Waals surface area contributed by atoms with Crippen LogP contribution in [0.4, 0.5) is 10.5 Å². The summed E-state index contributed by atoms with van der Waals surface area (Å²) in [5.41, 5.74) is 3.29. The highest BCUT2D eigenvalue weighted by atomic mass is 16.2. The van der Waals surface area contributed by atoms with Gasteiger partial charge in [0.25, 0.3) is 0 Å². The Kier molecular flexibility index (Phi) is 7.06. The Bertz CT molecular complexity index is 595. The number of nitrogens with one attached hydrogen (secondary N) is 1. The van der Waals surface area contributed by atoms with E-state index < -0.39 is 0 Å². The van der Waals surface area contributed by atoms with E-state index in [0.29, 0.717) is 12.0 Å². The molecule has 1 heterocycles. The van der Waals surface area contributed by atoms with Crippen LogP contribution in [-0.4, -0.2) is 49.1 Å². The lowest BCUT2D eigenvalue weighted by Gasteiger charge is -2.25. The number of urea groups is 1. The van der Waals surface area contributed by atoms with Crippen molar-refractivity contribution < 1.29 is 4.79 Å². The number of benzene rings is 1. The van der Waals surface area contributed by atoms with Gasteiger partial charge in [-0.05, 0) is 56.8 Å². The maximum atomic E-state index is 12.9. The summed E-state index contributed by atoms with van der Waals surface area (Å²) in [6, 6.07) is 6.84. The molecule has 1 aromatic rings. The number of rotatable bonds is 5. The smallest absolute Gasteiger partial charge is 0.321 e. The third-order valence-corrected chi connectivity index (χ3v) is 5.12. The Morgan fingerprint density at radius 1 is 1.36 bits per heavy atom. The van der Waals surface area contributed by atoms with Crippen LogP contribution >= 0.6 is 0 Å². The minimum atomic E-state index is 0.0258. The number of carbonyl (C=O) groups excluding carboxylic acids is 1. The van der Waals surface area contributed by atoms with Crippen molar-refractivity contribution >= 4 is 11.7 Å². The number of hydrogen-bond donors (Lipinski definition) is 1. The zero-order valence-corrected chi connectivity index (χ0v) is 16.2. The number of amides is 2. The van der Waals surface area contributed by atoms with Crippen LogP contribution in [0.5, 0.6) is 0 Å². The number of anilines is 1. The van der Waals surface area contributed by atoms with Crippen LogP contribution < -0.4 is 5.32 Å². The number of allylic oxidation sites excluding steroid dienone is 1. The third-order valence-electron chi connectivity index (χ3n) is 5.12. The minimum Gasteiger partial charge on any atom is -0.324 e. The standard InChI is InChI=1S/C21H33N3O/c1-6-9-17-10-7-12-19(16(2)3)20(17)22-21(25)24-14-8-11-18(13-15-24)23(4)5/h6-7,10,12,16,18H,1,8-9,11,13-15H2,2-5H3,(H,22,25)/t18-/m1/s1. The van der Waals surface area contributed by atoms with E-state index in [1.165, 1.54) is 5.56 Å². The van der Waals surface area contributed by atoms with Crippen molar-refractivity contribution in [2.24, 2.45) is 0 Å². The lowest BCUT2D eigenvalue weighted by atomic mass is 9.96. The van der Waals surface area contributed by atoms with Gasteiger partial charge in [0.05, 0.1) is 0 Å². The molecular weight excluding hydrogens is 310 g/mol. The van der Waals surface area contributed by atoms with Crippen molar-refractivity contribution in [3.63, 3.8) is 0 Å². The molecule has 1 atom stereocenters. The topological polar surface area (TPSA) is 35.6 Å². The summed E-state index contributed by atoms with van der Waals surface area (Å²) < 4.78 is 0. The molecule has 0 aliphatic carbocycles. The van der Waals surface area contributed by atoms with Crippen LogP contribution in [0.25, 0.3) is 0 Å². The molecule has 4 heteroatoms. The molecule has 2 amide bonds. The van der Waals surface area contributed by atoms with Crippen molar-refractivity contribution in [3.05, 3.63) is 42.0 Å². The number of hydrogen-bond acceptors (Lipinski definition) is 2. The summed E-state index contributed by atoms with van der Waals surface area (Å²) in [4.78, 5) is 17.1. The Labute approximate surface area is 152 Å². The predicted octanol–water partition coefficient (Wildman–Crippen LogP) is 4.49. The highest BCUT2D eigenvalue weighted by molar-refractivity contribution is 5.91. The van der Waals surface area contributed by atoms with Crippen LogP contribution in [0.1, 0.15) is 50.2 Å². The van der Waals surface area contributed by atoms with Gasteiger partial charge in [-0.15, -0.1) is 6.58 Å². The fourth-order valence-corrected chi connectivity index (χ4v) is 3.56. The average molecular weight is 344 g/mol. The van der Waals surface area contributed by atoms with Crippen LogP contribution in [0.15, 0.2) is 30.9 Å². The van der Waals surface area contributed by atoms with Crippen molar-refractivity contribution in [3.8, 4) is 0 Å². The number of para-hydroxylation sites is 1. The summed E-state index contributed by atoms with van der Waals surface area (Å²) in [5, 5.41) is 3.21. The molecule has 1 aromatic carbocycles. The molecule has 4 nitrogen and oxygen atoms in total. The third kappa shape index (κ3) is 5.08. The number of likely N-dealkylation sites (tertiary alicyclic amines) is 1. The van der Waals surface area contributed by atoms with Gasteiger partial charge in [0.2, 0.25) is 0 Å². The Hall–Kier alpha value is -1.81. The summed E-state index contributed by atoms with van der Waals surface area (Å²) in [6.45, 7) is 9.82. The molecule has 138 valence electrons. The molecule has 1 aliphatic rings. The SMILES string of the molecule is C=CCc1cccc(C(C)C)c1NC(=O)N1CCC[C@@H](N(C)C)CC1. The van der Waals surface area contributed by atoms with Crippen LogP contribution in [0.2, 0.25) is 0 Å². The molecule has 0 spiro atoms. The molecule has 0 aromatic heterocycles. The molecule has 1 N–H and O–H groups in total. The van der Waals surface area contributed by atoms with Crippen LogP contribution in [0, 0.1) is 0 Å². The van der Waals surface area contributed by atoms with E-state index in [-0.39, 0.29) is 6.03 Å². The summed E-state index contributed by atoms with van der Waals surface area (Å²) in [6.07, 6.45) is 5.90. The lowest BCUT2D eigenvalue weighted by molar-refractivity contribution is 0.210. The highest BCUT2D eigenvalue weighted by Crippen LogP contribution is 2.29. The minimum absolute atomic E-state index is 0.0258. The van der Waals surface area contributed by atoms with Crippen LogP contribution in [-0.2, 0) is 6.42 Å². The zero-order chi connectivity index (χ0) is 18.4. The first-order valence-corrected chi connectivity index (χ1v) is 9.39. The molecule has 0 bridgehead atoms. The van der Waals surface area contributed by atoms with Gasteiger partial charge in [-0.1, -0.05) is 38.1 Å². The van der Waals surface area contributed by atoms with Crippen molar-refractivity contribution in [1.82, 2.24) is 9.80 Å². The maximum absolute atomic E-state index is 12.9. The van der Waals surface area contributed by atoms with E-state index >= 15 is 0 Å². The van der Waals surface area contributed by atoms with E-state index in [1.807, 2.05) is 11.0 Å². The normalized spacial score (nSPS) is 18.3. The molecule has 2 rings (SSSR count). The van der Waals surface area contributed by atoms with Crippen LogP contribution in [0.3, 0.4) is 0 Å². The first-order chi connectivity index (χ1) is 11.9. The molecule has 25 heavy (non-hydrogen) atoms. The summed E-state index contributed by atoms with van der Waals surface area (Å²) in [7, 11) is 4.25. The van der Waals surface area contributed by atoms with E-state index in [9.17, 15) is 4.79 Å². The molecular formula is C21H33N3O. The van der Waals surface area contributed by atoms with Gasteiger partial charge in [-0.2, -0.15) is 0 Å². The molecule has 1 saturated heterocycles. The quantitative estimate of drug-likeness (QED) is 0.800. The first kappa shape index (κ1) is 19.5. The van der Waals surface area contributed by atoms with Gasteiger partial charge in [0, 0.05) is 24.8 Å². The maximum Gasteiger partial charge on any atom is 0.321 e. The van der Waals surface area contributed by atoms with E-state index in [1.54, 1.807) is 0 Å². The number of carbonyl (C=O) groups is 1. The number of nitrogens with zero attached hydrogens (tertiary/aromatic N) is 2. The molecule has 0 unspecified atom stereocenters. The fraction of sp³-hybridized carbons (Fsp3) is 0.571. The summed E-state index contributed by atoms with van der Waals surface area (Å²) in [5.74, 6) is 0.363. The van der Waals surface area contributed by atoms with Gasteiger partial charge < -0.3 is 15.1 Å². The van der Waals surface area contributed by atoms with Crippen molar-refractivity contribution in [2.45, 2.75) is 51.5 Å². The second kappa shape index (κ2) is 9.04. The van der Waals surface area contributed by atoms with E-state index in [4.69, 9.17) is 0 Å². The largest absolute Gasteiger partial charge is 0.324 e. The Morgan fingerprint density at radius 2 is 2.12 bits per heavy atom. The lowest BCUT2D eigenvalue weighted by Crippen LogP contribution is -2.37. The summed E-state index contributed by atoms with van der Waals surface area (Å²) >= 11 is 0. The molecule has 1 aliphatic heterocycles. The van der Waals surface area contributed by atoms with Gasteiger partial charge in [-0.3, -0.25) is 0 Å². The first-order valence-electron chi connectivity index (χ1n) is 9.39. The van der Waals surface area contributed by atoms with Crippen molar-refractivity contribution in [2.75, 3.05) is 32.5 Å². The Balaban J connectivity index is 2.15.